The largest absolute Gasteiger partial charge is 0.497 e. The molecule has 1 N–H and O–H groups in total. The minimum absolute atomic E-state index is 0.172. The maximum absolute atomic E-state index is 13.6. The number of nitrogens with one attached hydrogen (secondary N) is 1. The van der Waals surface area contributed by atoms with Gasteiger partial charge in [0.15, 0.2) is 0 Å². The number of likely N-dealkylation sites (N-methyl/N-ethyl adjacent to an activating group) is 1. The molecule has 35 heavy (non-hydrogen) atoms. The van der Waals surface area contributed by atoms with Gasteiger partial charge in [-0.15, -0.1) is 0 Å². The van der Waals surface area contributed by atoms with Crippen molar-refractivity contribution in [3.63, 3.8) is 0 Å². The van der Waals surface area contributed by atoms with Gasteiger partial charge in [0.1, 0.15) is 30.0 Å². The summed E-state index contributed by atoms with van der Waals surface area (Å²) in [5.74, 6) is 1.24. The Hall–Kier alpha value is -3.56. The monoisotopic (exact) mass is 477 g/mol. The Bertz CT molecular complexity index is 1120. The second kappa shape index (κ2) is 9.59. The number of rotatable bonds is 6. The van der Waals surface area contributed by atoms with Crippen molar-refractivity contribution in [1.29, 1.82) is 0 Å². The van der Waals surface area contributed by atoms with Crippen LogP contribution in [0.5, 0.6) is 11.5 Å². The number of amides is 3. The Morgan fingerprint density at radius 2 is 1.86 bits per heavy atom. The summed E-state index contributed by atoms with van der Waals surface area (Å²) in [6.07, 6.45) is 4.04. The van der Waals surface area contributed by atoms with E-state index >= 15 is 0 Å². The molecule has 0 aliphatic carbocycles. The van der Waals surface area contributed by atoms with Crippen LogP contribution in [0.2, 0.25) is 0 Å². The number of fused-ring (bicyclic) bond motifs is 3. The Kier molecular flexibility index (Phi) is 6.36. The predicted octanol–water partition coefficient (Wildman–Crippen LogP) is 2.40. The molecule has 3 aliphatic heterocycles. The second-order valence-electron chi connectivity index (χ2n) is 8.91. The molecule has 9 nitrogen and oxygen atoms in total. The van der Waals surface area contributed by atoms with Crippen LogP contribution < -0.4 is 19.7 Å². The first-order valence-corrected chi connectivity index (χ1v) is 11.8. The van der Waals surface area contributed by atoms with Gasteiger partial charge in [0.2, 0.25) is 0 Å². The van der Waals surface area contributed by atoms with Crippen LogP contribution in [-0.2, 0) is 4.79 Å². The minimum Gasteiger partial charge on any atom is -0.497 e. The molecule has 9 heteroatoms. The third-order valence-electron chi connectivity index (χ3n) is 6.96. The number of hydrogen-bond acceptors (Lipinski definition) is 7. The van der Waals surface area contributed by atoms with Gasteiger partial charge in [-0.05, 0) is 24.1 Å². The number of methoxy groups -OCH3 is 2. The smallest absolute Gasteiger partial charge is 0.328 e. The summed E-state index contributed by atoms with van der Waals surface area (Å²) in [5, 5.41) is 3.54. The second-order valence-corrected chi connectivity index (χ2v) is 8.91. The molecular formula is C26H31N5O4. The number of benzene rings is 2. The maximum Gasteiger partial charge on any atom is 0.328 e. The fraction of sp³-hybridized carbons (Fsp3) is 0.385. The number of anilines is 1. The molecule has 0 aromatic heterocycles. The van der Waals surface area contributed by atoms with Crippen molar-refractivity contribution in [3.8, 4) is 11.5 Å². The lowest BCUT2D eigenvalue weighted by Crippen LogP contribution is -2.66. The SMILES string of the molecule is COc1ccc(N2CCCN3C4C(=O)N(C/C=C/c5ccccc5)C(=O)N(C)C4NC23)c(OC)c1. The molecule has 0 bridgehead atoms. The lowest BCUT2D eigenvalue weighted by molar-refractivity contribution is -0.138. The highest BCUT2D eigenvalue weighted by atomic mass is 16.5. The number of urea groups is 1. The standard InChI is InChI=1S/C26H31N5O4/c1-28-23-22(24(32)31(26(28)33)14-7-11-18-9-5-4-6-10-18)30-16-8-15-29(25(30)27-23)20-13-12-19(34-2)17-21(20)35-3/h4-7,9-13,17,22-23,25,27H,8,14-16H2,1-3H3/b11-7+. The maximum atomic E-state index is 13.6. The van der Waals surface area contributed by atoms with E-state index in [1.807, 2.05) is 60.7 Å². The van der Waals surface area contributed by atoms with Crippen molar-refractivity contribution in [2.75, 3.05) is 45.8 Å². The highest BCUT2D eigenvalue weighted by Gasteiger charge is 2.56. The van der Waals surface area contributed by atoms with Crippen molar-refractivity contribution in [2.24, 2.45) is 0 Å². The fourth-order valence-corrected chi connectivity index (χ4v) is 5.21. The molecular weight excluding hydrogens is 446 g/mol. The van der Waals surface area contributed by atoms with Crippen molar-refractivity contribution in [3.05, 3.63) is 60.2 Å². The van der Waals surface area contributed by atoms with E-state index in [1.54, 1.807) is 26.2 Å². The molecule has 184 valence electrons. The van der Waals surface area contributed by atoms with E-state index in [0.29, 0.717) is 11.5 Å². The first-order chi connectivity index (χ1) is 17.0. The molecule has 2 aromatic carbocycles. The molecule has 3 aliphatic rings. The third kappa shape index (κ3) is 4.11. The molecule has 5 rings (SSSR count). The summed E-state index contributed by atoms with van der Waals surface area (Å²) < 4.78 is 11.0. The number of carbonyl (C=O) groups is 2. The van der Waals surface area contributed by atoms with E-state index in [-0.39, 0.29) is 24.8 Å². The summed E-state index contributed by atoms with van der Waals surface area (Å²) in [7, 11) is 5.02. The van der Waals surface area contributed by atoms with Gasteiger partial charge in [0.25, 0.3) is 5.91 Å². The number of ether oxygens (including phenoxy) is 2. The summed E-state index contributed by atoms with van der Waals surface area (Å²) in [6, 6.07) is 14.8. The third-order valence-corrected chi connectivity index (χ3v) is 6.96. The van der Waals surface area contributed by atoms with Crippen LogP contribution in [0.1, 0.15) is 12.0 Å². The molecule has 0 radical (unpaired) electrons. The molecule has 0 saturated carbocycles. The highest BCUT2D eigenvalue weighted by molar-refractivity contribution is 6.01. The quantitative estimate of drug-likeness (QED) is 0.685. The first-order valence-electron chi connectivity index (χ1n) is 11.8. The normalized spacial score (nSPS) is 24.7. The Labute approximate surface area is 205 Å². The Balaban J connectivity index is 1.39. The Morgan fingerprint density at radius 1 is 1.06 bits per heavy atom. The first kappa shape index (κ1) is 23.2. The molecule has 3 unspecified atom stereocenters. The minimum atomic E-state index is -0.458. The van der Waals surface area contributed by atoms with Crippen LogP contribution in [0, 0.1) is 0 Å². The summed E-state index contributed by atoms with van der Waals surface area (Å²) in [4.78, 5) is 34.1. The van der Waals surface area contributed by atoms with E-state index in [2.05, 4.69) is 15.1 Å². The molecule has 3 amide bonds. The lowest BCUT2D eigenvalue weighted by atomic mass is 10.1. The summed E-state index contributed by atoms with van der Waals surface area (Å²) in [6.45, 7) is 1.79. The molecule has 2 aromatic rings. The van der Waals surface area contributed by atoms with Crippen LogP contribution in [0.3, 0.4) is 0 Å². The summed E-state index contributed by atoms with van der Waals surface area (Å²) >= 11 is 0. The molecule has 3 fully saturated rings. The topological polar surface area (TPSA) is 77.6 Å². The van der Waals surface area contributed by atoms with Gasteiger partial charge < -0.3 is 19.3 Å². The molecule has 3 atom stereocenters. The van der Waals surface area contributed by atoms with Crippen LogP contribution in [0.4, 0.5) is 10.5 Å². The zero-order chi connectivity index (χ0) is 24.5. The van der Waals surface area contributed by atoms with Gasteiger partial charge >= 0.3 is 6.03 Å². The van der Waals surface area contributed by atoms with Crippen molar-refractivity contribution < 1.29 is 19.1 Å². The van der Waals surface area contributed by atoms with E-state index in [4.69, 9.17) is 9.47 Å². The average molecular weight is 478 g/mol. The van der Waals surface area contributed by atoms with E-state index in [9.17, 15) is 9.59 Å². The summed E-state index contributed by atoms with van der Waals surface area (Å²) in [5.41, 5.74) is 1.94. The average Bonchev–Trinajstić information content (AvgIpc) is 3.30. The Morgan fingerprint density at radius 3 is 2.60 bits per heavy atom. The van der Waals surface area contributed by atoms with Gasteiger partial charge in [-0.3, -0.25) is 19.9 Å². The van der Waals surface area contributed by atoms with Crippen LogP contribution in [0.25, 0.3) is 6.08 Å². The zero-order valence-corrected chi connectivity index (χ0v) is 20.3. The zero-order valence-electron chi connectivity index (χ0n) is 20.3. The number of imide groups is 1. The van der Waals surface area contributed by atoms with E-state index in [1.165, 1.54) is 4.90 Å². The van der Waals surface area contributed by atoms with Gasteiger partial charge in [-0.2, -0.15) is 0 Å². The number of hydrogen-bond donors (Lipinski definition) is 1. The van der Waals surface area contributed by atoms with Crippen molar-refractivity contribution in [1.82, 2.24) is 20.0 Å². The van der Waals surface area contributed by atoms with Gasteiger partial charge in [0, 0.05) is 32.7 Å². The van der Waals surface area contributed by atoms with Gasteiger partial charge in [-0.1, -0.05) is 42.5 Å². The van der Waals surface area contributed by atoms with E-state index in [0.717, 1.165) is 30.8 Å². The predicted molar refractivity (Wildman–Crippen MR) is 133 cm³/mol. The highest BCUT2D eigenvalue weighted by Crippen LogP contribution is 2.38. The fourth-order valence-electron chi connectivity index (χ4n) is 5.21. The molecule has 3 heterocycles. The number of carbonyl (C=O) groups excluding carboxylic acids is 2. The molecule has 3 saturated heterocycles. The van der Waals surface area contributed by atoms with E-state index < -0.39 is 12.2 Å². The van der Waals surface area contributed by atoms with Crippen molar-refractivity contribution in [2.45, 2.75) is 24.9 Å². The van der Waals surface area contributed by atoms with Crippen LogP contribution >= 0.6 is 0 Å². The number of nitrogens with zero attached hydrogens (tertiary/aromatic N) is 4. The van der Waals surface area contributed by atoms with Crippen molar-refractivity contribution >= 4 is 23.7 Å². The van der Waals surface area contributed by atoms with Gasteiger partial charge in [0.05, 0.1) is 19.9 Å². The lowest BCUT2D eigenvalue weighted by Gasteiger charge is -2.44. The molecule has 0 spiro atoms. The van der Waals surface area contributed by atoms with Crippen LogP contribution in [0.15, 0.2) is 54.6 Å². The van der Waals surface area contributed by atoms with Crippen LogP contribution in [-0.4, -0.2) is 86.0 Å². The van der Waals surface area contributed by atoms with Gasteiger partial charge in [-0.25, -0.2) is 4.79 Å².